The Labute approximate surface area is 314 Å². The second-order valence-electron chi connectivity index (χ2n) is 16.2. The van der Waals surface area contributed by atoms with Crippen LogP contribution in [0.3, 0.4) is 0 Å². The Hall–Kier alpha value is -3.18. The number of pyridine rings is 1. The lowest BCUT2D eigenvalue weighted by Crippen LogP contribution is -2.49. The topological polar surface area (TPSA) is 69.1 Å². The molecule has 0 saturated carbocycles. The number of halogens is 1. The lowest BCUT2D eigenvalue weighted by Gasteiger charge is -2.39. The SMILES string of the molecule is CCc1c(-c2cc(N3CCN(C(=O)OCc4ccccc4)CC3)cnc2[C@H](C)OC)n(CC(C)(C)CO[Si](C)(C)C(C)(C)C)c2cc(Br)ccc12. The third-order valence-corrected chi connectivity index (χ3v) is 15.7. The van der Waals surface area contributed by atoms with Gasteiger partial charge in [0.15, 0.2) is 8.32 Å². The number of rotatable bonds is 12. The van der Waals surface area contributed by atoms with Crippen LogP contribution in [0.5, 0.6) is 0 Å². The number of anilines is 1. The molecule has 2 aromatic heterocycles. The number of aromatic nitrogens is 2. The highest BCUT2D eigenvalue weighted by atomic mass is 79.9. The fourth-order valence-corrected chi connectivity index (χ4v) is 8.04. The van der Waals surface area contributed by atoms with Crippen molar-refractivity contribution in [2.24, 2.45) is 5.41 Å². The zero-order valence-corrected chi connectivity index (χ0v) is 34.9. The van der Waals surface area contributed by atoms with Crippen molar-refractivity contribution in [1.82, 2.24) is 14.5 Å². The molecule has 1 aliphatic rings. The van der Waals surface area contributed by atoms with Crippen LogP contribution in [0.4, 0.5) is 10.5 Å². The van der Waals surface area contributed by atoms with Crippen LogP contribution in [-0.4, -0.2) is 68.8 Å². The van der Waals surface area contributed by atoms with Gasteiger partial charge in [0.25, 0.3) is 0 Å². The highest BCUT2D eigenvalue weighted by Gasteiger charge is 2.39. The Balaban J connectivity index is 1.49. The van der Waals surface area contributed by atoms with Gasteiger partial charge in [0.1, 0.15) is 6.61 Å². The summed E-state index contributed by atoms with van der Waals surface area (Å²) in [6.07, 6.45) is 2.35. The molecule has 0 aliphatic carbocycles. The van der Waals surface area contributed by atoms with Gasteiger partial charge in [-0.05, 0) is 60.8 Å². The minimum Gasteiger partial charge on any atom is -0.445 e. The lowest BCUT2D eigenvalue weighted by atomic mass is 9.94. The minimum absolute atomic E-state index is 0.139. The molecule has 10 heteroatoms. The predicted molar refractivity (Wildman–Crippen MR) is 215 cm³/mol. The van der Waals surface area contributed by atoms with E-state index in [4.69, 9.17) is 18.9 Å². The summed E-state index contributed by atoms with van der Waals surface area (Å²) in [7, 11) is -0.198. The van der Waals surface area contributed by atoms with Gasteiger partial charge in [-0.2, -0.15) is 0 Å². The summed E-state index contributed by atoms with van der Waals surface area (Å²) in [5, 5.41) is 1.39. The second kappa shape index (κ2) is 15.8. The normalized spacial score (nSPS) is 15.0. The Morgan fingerprint density at radius 3 is 2.31 bits per heavy atom. The number of amides is 1. The number of hydrogen-bond donors (Lipinski definition) is 0. The number of methoxy groups -OCH3 is 1. The van der Waals surface area contributed by atoms with E-state index in [1.54, 1.807) is 12.0 Å². The smallest absolute Gasteiger partial charge is 0.410 e. The van der Waals surface area contributed by atoms with Crippen molar-refractivity contribution in [3.63, 3.8) is 0 Å². The molecule has 4 aromatic rings. The van der Waals surface area contributed by atoms with Crippen molar-refractivity contribution in [2.75, 3.05) is 44.8 Å². The molecule has 2 aromatic carbocycles. The van der Waals surface area contributed by atoms with E-state index in [9.17, 15) is 4.79 Å². The first kappa shape index (κ1) is 39.0. The summed E-state index contributed by atoms with van der Waals surface area (Å²) in [5.74, 6) is 0. The maximum Gasteiger partial charge on any atom is 0.410 e. The van der Waals surface area contributed by atoms with Crippen molar-refractivity contribution in [3.8, 4) is 11.3 Å². The Morgan fingerprint density at radius 2 is 1.69 bits per heavy atom. The van der Waals surface area contributed by atoms with Crippen LogP contribution in [0.1, 0.15) is 71.4 Å². The fraction of sp³-hybridized carbons (Fsp3) is 0.512. The molecular weight excluding hydrogens is 720 g/mol. The van der Waals surface area contributed by atoms with Gasteiger partial charge in [-0.1, -0.05) is 93.9 Å². The molecule has 0 unspecified atom stereocenters. The van der Waals surface area contributed by atoms with Gasteiger partial charge in [0, 0.05) is 72.8 Å². The average molecular weight is 778 g/mol. The highest BCUT2D eigenvalue weighted by molar-refractivity contribution is 9.10. The van der Waals surface area contributed by atoms with E-state index in [-0.39, 0.29) is 29.3 Å². The van der Waals surface area contributed by atoms with E-state index < -0.39 is 8.32 Å². The number of benzene rings is 2. The van der Waals surface area contributed by atoms with Crippen molar-refractivity contribution in [2.45, 2.75) is 92.3 Å². The molecule has 8 nitrogen and oxygen atoms in total. The molecule has 51 heavy (non-hydrogen) atoms. The molecule has 0 N–H and O–H groups in total. The number of carbonyl (C=O) groups is 1. The van der Waals surface area contributed by atoms with Gasteiger partial charge < -0.3 is 28.3 Å². The highest BCUT2D eigenvalue weighted by Crippen LogP contribution is 2.42. The first-order valence-electron chi connectivity index (χ1n) is 18.2. The second-order valence-corrected chi connectivity index (χ2v) is 21.9. The number of piperazine rings is 1. The fourth-order valence-electron chi connectivity index (χ4n) is 6.51. The van der Waals surface area contributed by atoms with Crippen LogP contribution < -0.4 is 4.90 Å². The molecule has 0 bridgehead atoms. The summed E-state index contributed by atoms with van der Waals surface area (Å²) in [6, 6.07) is 18.7. The van der Waals surface area contributed by atoms with Crippen molar-refractivity contribution in [3.05, 3.63) is 82.1 Å². The predicted octanol–water partition coefficient (Wildman–Crippen LogP) is 10.2. The number of aryl methyl sites for hydroxylation is 1. The van der Waals surface area contributed by atoms with Gasteiger partial charge in [-0.25, -0.2) is 4.79 Å². The first-order chi connectivity index (χ1) is 24.0. The largest absolute Gasteiger partial charge is 0.445 e. The Kier molecular flexibility index (Phi) is 12.1. The third kappa shape index (κ3) is 8.90. The van der Waals surface area contributed by atoms with Crippen molar-refractivity contribution in [1.29, 1.82) is 0 Å². The first-order valence-corrected chi connectivity index (χ1v) is 21.9. The van der Waals surface area contributed by atoms with Crippen LogP contribution in [-0.2, 0) is 33.5 Å². The number of fused-ring (bicyclic) bond motifs is 1. The summed E-state index contributed by atoms with van der Waals surface area (Å²) < 4.78 is 21.9. The van der Waals surface area contributed by atoms with Crippen LogP contribution in [0.2, 0.25) is 18.1 Å². The summed E-state index contributed by atoms with van der Waals surface area (Å²) in [5.41, 5.74) is 7.55. The molecule has 0 spiro atoms. The van der Waals surface area contributed by atoms with E-state index in [1.807, 2.05) is 36.5 Å². The molecule has 1 aliphatic heterocycles. The summed E-state index contributed by atoms with van der Waals surface area (Å²) >= 11 is 3.78. The van der Waals surface area contributed by atoms with Gasteiger partial charge in [0.2, 0.25) is 0 Å². The minimum atomic E-state index is -1.94. The van der Waals surface area contributed by atoms with Crippen molar-refractivity contribution < 1.29 is 18.7 Å². The zero-order valence-electron chi connectivity index (χ0n) is 32.3. The third-order valence-electron chi connectivity index (χ3n) is 10.7. The van der Waals surface area contributed by atoms with Gasteiger partial charge in [0.05, 0.1) is 29.4 Å². The van der Waals surface area contributed by atoms with Gasteiger partial charge in [-0.15, -0.1) is 0 Å². The van der Waals surface area contributed by atoms with Gasteiger partial charge >= 0.3 is 6.09 Å². The molecular formula is C41H57BrN4O4Si. The number of ether oxygens (including phenoxy) is 2. The standard InChI is InChI=1S/C41H57BrN4O4Si/c1-11-33-34-18-17-31(42)23-36(34)46(27-41(6,7)28-50-51(9,10)40(3,4)5)38(33)35-24-32(25-43-37(35)29(2)48-8)44-19-21-45(22-20-44)39(47)49-26-30-15-13-12-14-16-30/h12-18,23-25,29H,11,19-22,26-28H2,1-10H3/t29-/m0/s1. The number of hydrogen-bond acceptors (Lipinski definition) is 6. The summed E-state index contributed by atoms with van der Waals surface area (Å²) in [6.45, 7) is 24.8. The summed E-state index contributed by atoms with van der Waals surface area (Å²) in [4.78, 5) is 22.2. The monoisotopic (exact) mass is 776 g/mol. The zero-order chi connectivity index (χ0) is 37.1. The molecule has 0 radical (unpaired) electrons. The quantitative estimate of drug-likeness (QED) is 0.134. The van der Waals surface area contributed by atoms with E-state index >= 15 is 0 Å². The van der Waals surface area contributed by atoms with Crippen molar-refractivity contribution >= 4 is 46.9 Å². The molecule has 1 atom stereocenters. The molecule has 5 rings (SSSR count). The molecule has 1 saturated heterocycles. The van der Waals surface area contributed by atoms with Crippen LogP contribution in [0.15, 0.2) is 65.3 Å². The average Bonchev–Trinajstić information content (AvgIpc) is 3.40. The number of nitrogens with zero attached hydrogens (tertiary/aromatic N) is 4. The van der Waals surface area contributed by atoms with Crippen LogP contribution in [0, 0.1) is 5.41 Å². The Morgan fingerprint density at radius 1 is 1.00 bits per heavy atom. The van der Waals surface area contributed by atoms with Gasteiger partial charge in [-0.3, -0.25) is 4.98 Å². The lowest BCUT2D eigenvalue weighted by molar-refractivity contribution is 0.0941. The van der Waals surface area contributed by atoms with E-state index in [1.165, 1.54) is 22.2 Å². The van der Waals surface area contributed by atoms with Crippen LogP contribution in [0.25, 0.3) is 22.2 Å². The van der Waals surface area contributed by atoms with E-state index in [2.05, 4.69) is 111 Å². The molecule has 3 heterocycles. The number of carbonyl (C=O) groups excluding carboxylic acids is 1. The molecule has 1 amide bonds. The Bertz CT molecular complexity index is 1810. The molecule has 276 valence electrons. The van der Waals surface area contributed by atoms with Crippen LogP contribution >= 0.6 is 15.9 Å². The maximum atomic E-state index is 12.9. The van der Waals surface area contributed by atoms with E-state index in [0.717, 1.165) is 39.9 Å². The maximum absolute atomic E-state index is 12.9. The van der Waals surface area contributed by atoms with E-state index in [0.29, 0.717) is 32.8 Å². The molecule has 1 fully saturated rings.